The van der Waals surface area contributed by atoms with Crippen molar-refractivity contribution < 1.29 is 9.59 Å². The van der Waals surface area contributed by atoms with E-state index >= 15 is 0 Å². The van der Waals surface area contributed by atoms with Gasteiger partial charge in [0.2, 0.25) is 5.91 Å². The fourth-order valence-corrected chi connectivity index (χ4v) is 13.6. The lowest BCUT2D eigenvalue weighted by Crippen LogP contribution is -2.51. The molecule has 0 aliphatic carbocycles. The highest BCUT2D eigenvalue weighted by molar-refractivity contribution is 6.82. The van der Waals surface area contributed by atoms with Crippen molar-refractivity contribution in [3.05, 3.63) is 94.8 Å². The number of nitrogens with one attached hydrogen (secondary N) is 2. The number of carbonyl (C=O) groups excluding carboxylic acids is 2. The second kappa shape index (κ2) is 13.3. The molecule has 234 valence electrons. The Morgan fingerprint density at radius 3 is 2.07 bits per heavy atom. The van der Waals surface area contributed by atoms with Crippen molar-refractivity contribution in [3.8, 4) is 0 Å². The van der Waals surface area contributed by atoms with Crippen molar-refractivity contribution >= 4 is 48.4 Å². The molecule has 0 saturated heterocycles. The molecule has 4 N–H and O–H groups in total. The molecule has 0 saturated carbocycles. The lowest BCUT2D eigenvalue weighted by atomic mass is 9.83. The molecule has 2 heterocycles. The minimum atomic E-state index is -2.01. The third kappa shape index (κ3) is 6.34. The number of rotatable bonds is 11. The maximum absolute atomic E-state index is 13.3. The topological polar surface area (TPSA) is 102 Å². The zero-order valence-electron chi connectivity index (χ0n) is 27.1. The van der Waals surface area contributed by atoms with Crippen molar-refractivity contribution in [2.75, 3.05) is 11.9 Å². The summed E-state index contributed by atoms with van der Waals surface area (Å²) >= 11 is 6.01. The van der Waals surface area contributed by atoms with Crippen molar-refractivity contribution in [2.45, 2.75) is 83.5 Å². The Hall–Kier alpha value is -3.46. The van der Waals surface area contributed by atoms with Gasteiger partial charge in [-0.05, 0) is 84.2 Å². The van der Waals surface area contributed by atoms with Crippen LogP contribution in [0.15, 0.2) is 73.1 Å². The van der Waals surface area contributed by atoms with Gasteiger partial charge in [-0.1, -0.05) is 77.4 Å². The Kier molecular flexibility index (Phi) is 10.1. The van der Waals surface area contributed by atoms with Gasteiger partial charge >= 0.3 is 0 Å². The van der Waals surface area contributed by atoms with Crippen LogP contribution in [0.5, 0.6) is 0 Å². The predicted octanol–water partition coefficient (Wildman–Crippen LogP) is 8.06. The summed E-state index contributed by atoms with van der Waals surface area (Å²) in [5.74, 6) is -0.331. The molecule has 0 fully saturated rings. The Morgan fingerprint density at radius 1 is 0.909 bits per heavy atom. The number of halogens is 1. The van der Waals surface area contributed by atoms with Gasteiger partial charge in [-0.15, -0.1) is 0 Å². The van der Waals surface area contributed by atoms with Crippen LogP contribution in [0, 0.1) is 0 Å². The summed E-state index contributed by atoms with van der Waals surface area (Å²) < 4.78 is 2.45. The summed E-state index contributed by atoms with van der Waals surface area (Å²) in [7, 11) is -2.01. The summed E-state index contributed by atoms with van der Waals surface area (Å²) in [6.07, 6.45) is 3.95. The van der Waals surface area contributed by atoms with Crippen LogP contribution in [0.4, 0.5) is 5.69 Å². The number of amides is 2. The van der Waals surface area contributed by atoms with E-state index in [0.29, 0.717) is 27.2 Å². The number of benzene rings is 2. The van der Waals surface area contributed by atoms with E-state index in [2.05, 4.69) is 68.7 Å². The lowest BCUT2D eigenvalue weighted by molar-refractivity contribution is -0.125. The van der Waals surface area contributed by atoms with Gasteiger partial charge in [0.25, 0.3) is 5.91 Å². The van der Waals surface area contributed by atoms with E-state index in [1.807, 2.05) is 44.2 Å². The van der Waals surface area contributed by atoms with E-state index in [1.165, 1.54) is 0 Å². The molecular weight excluding hydrogens is 586 g/mol. The number of hydrogen-bond donors (Lipinski definition) is 3. The minimum absolute atomic E-state index is 0.126. The number of nitrogens with two attached hydrogens (primary N) is 1. The molecule has 1 atom stereocenters. The van der Waals surface area contributed by atoms with E-state index in [4.69, 9.17) is 22.3 Å². The lowest BCUT2D eigenvalue weighted by Gasteiger charge is -2.44. The van der Waals surface area contributed by atoms with E-state index in [0.717, 1.165) is 27.8 Å². The summed E-state index contributed by atoms with van der Waals surface area (Å²) in [4.78, 5) is 31.1. The SMILES string of the molecule is CC(C)[Si](C(C)C)(C(C)C)n1ccc2c(NC(=O)c3ccc(C(N)CNC(=O)C(C)(C)c4ccc(Cl)cc4)cc3)ccnc21. The van der Waals surface area contributed by atoms with E-state index in [-0.39, 0.29) is 18.4 Å². The molecule has 0 bridgehead atoms. The predicted molar refractivity (Wildman–Crippen MR) is 185 cm³/mol. The third-order valence-electron chi connectivity index (χ3n) is 9.24. The van der Waals surface area contributed by atoms with Crippen molar-refractivity contribution in [2.24, 2.45) is 5.73 Å². The zero-order chi connectivity index (χ0) is 32.4. The van der Waals surface area contributed by atoms with Gasteiger partial charge in [0.1, 0.15) is 5.65 Å². The summed E-state index contributed by atoms with van der Waals surface area (Å²) in [6.45, 7) is 18.0. The molecule has 2 amide bonds. The molecule has 0 aliphatic rings. The van der Waals surface area contributed by atoms with Gasteiger partial charge in [-0.3, -0.25) is 9.59 Å². The average Bonchev–Trinajstić information content (AvgIpc) is 3.41. The summed E-state index contributed by atoms with van der Waals surface area (Å²) in [5.41, 5.74) is 11.1. The zero-order valence-corrected chi connectivity index (χ0v) is 28.9. The van der Waals surface area contributed by atoms with Gasteiger partial charge in [0.15, 0.2) is 8.24 Å². The number of pyridine rings is 1. The minimum Gasteiger partial charge on any atom is -0.358 e. The molecule has 44 heavy (non-hydrogen) atoms. The van der Waals surface area contributed by atoms with Gasteiger partial charge in [0, 0.05) is 34.8 Å². The molecule has 9 heteroatoms. The van der Waals surface area contributed by atoms with Gasteiger partial charge < -0.3 is 20.6 Å². The largest absolute Gasteiger partial charge is 0.358 e. The smallest absolute Gasteiger partial charge is 0.255 e. The first-order chi connectivity index (χ1) is 20.7. The van der Waals surface area contributed by atoms with Crippen LogP contribution in [0.2, 0.25) is 21.6 Å². The van der Waals surface area contributed by atoms with E-state index in [9.17, 15) is 9.59 Å². The quantitative estimate of drug-likeness (QED) is 0.146. The van der Waals surface area contributed by atoms with E-state index < -0.39 is 19.7 Å². The number of hydrogen-bond acceptors (Lipinski definition) is 4. The molecular formula is C35H46ClN5O2Si. The Balaban J connectivity index is 1.46. The highest BCUT2D eigenvalue weighted by atomic mass is 35.5. The Labute approximate surface area is 267 Å². The van der Waals surface area contributed by atoms with Crippen LogP contribution in [-0.2, 0) is 10.2 Å². The first kappa shape index (κ1) is 33.4. The third-order valence-corrected chi connectivity index (χ3v) is 16.2. The molecule has 4 aromatic rings. The summed E-state index contributed by atoms with van der Waals surface area (Å²) in [5, 5.41) is 7.64. The molecule has 2 aromatic heterocycles. The maximum atomic E-state index is 13.3. The highest BCUT2D eigenvalue weighted by Crippen LogP contribution is 2.44. The molecule has 0 spiro atoms. The fourth-order valence-electron chi connectivity index (χ4n) is 6.91. The van der Waals surface area contributed by atoms with Gasteiger partial charge in [-0.25, -0.2) is 4.98 Å². The molecule has 4 rings (SSSR count). The fraction of sp³-hybridized carbons (Fsp3) is 0.400. The van der Waals surface area contributed by atoms with Crippen LogP contribution >= 0.6 is 11.6 Å². The number of fused-ring (bicyclic) bond motifs is 1. The highest BCUT2D eigenvalue weighted by Gasteiger charge is 2.46. The molecule has 7 nitrogen and oxygen atoms in total. The molecule has 0 radical (unpaired) electrons. The Morgan fingerprint density at radius 2 is 1.50 bits per heavy atom. The monoisotopic (exact) mass is 631 g/mol. The molecule has 0 aliphatic heterocycles. The second-order valence-corrected chi connectivity index (χ2v) is 19.3. The first-order valence-corrected chi connectivity index (χ1v) is 17.9. The van der Waals surface area contributed by atoms with E-state index in [1.54, 1.807) is 30.5 Å². The van der Waals surface area contributed by atoms with Crippen LogP contribution in [0.3, 0.4) is 0 Å². The van der Waals surface area contributed by atoms with Crippen molar-refractivity contribution in [1.29, 1.82) is 0 Å². The van der Waals surface area contributed by atoms with Crippen LogP contribution in [0.25, 0.3) is 11.0 Å². The van der Waals surface area contributed by atoms with Crippen molar-refractivity contribution in [3.63, 3.8) is 0 Å². The van der Waals surface area contributed by atoms with Crippen LogP contribution in [-0.4, -0.2) is 35.8 Å². The normalized spacial score (nSPS) is 13.1. The average molecular weight is 632 g/mol. The number of nitrogens with zero attached hydrogens (tertiary/aromatic N) is 2. The molecule has 2 aromatic carbocycles. The summed E-state index contributed by atoms with van der Waals surface area (Å²) in [6, 6.07) is 18.0. The Bertz CT molecular complexity index is 1590. The first-order valence-electron chi connectivity index (χ1n) is 15.4. The van der Waals surface area contributed by atoms with Gasteiger partial charge in [0.05, 0.1) is 11.1 Å². The van der Waals surface area contributed by atoms with Gasteiger partial charge in [-0.2, -0.15) is 0 Å². The number of anilines is 1. The van der Waals surface area contributed by atoms with Crippen molar-refractivity contribution in [1.82, 2.24) is 14.5 Å². The standard InChI is InChI=1S/C35H46ClN5O2Si/c1-22(2)44(23(3)4,24(5)6)41-20-18-29-31(17-19-38-32(29)41)40-33(42)26-11-9-25(10-12-26)30(37)21-39-34(43)35(7,8)27-13-15-28(36)16-14-27/h9-20,22-24,30H,21,37H2,1-8H3,(H,39,43)(H,38,40,42). The van der Waals surface area contributed by atoms with Crippen LogP contribution in [0.1, 0.15) is 82.9 Å². The maximum Gasteiger partial charge on any atom is 0.255 e. The molecule has 1 unspecified atom stereocenters. The number of carbonyl (C=O) groups is 2. The van der Waals surface area contributed by atoms with Crippen LogP contribution < -0.4 is 16.4 Å². The number of aromatic nitrogens is 2. The second-order valence-electron chi connectivity index (χ2n) is 13.2.